The minimum atomic E-state index is -3.89. The fourth-order valence-electron chi connectivity index (χ4n) is 3.22. The van der Waals surface area contributed by atoms with Gasteiger partial charge in [0.1, 0.15) is 16.5 Å². The number of esters is 1. The summed E-state index contributed by atoms with van der Waals surface area (Å²) in [6.07, 6.45) is 1.46. The second kappa shape index (κ2) is 9.57. The fourth-order valence-corrected chi connectivity index (χ4v) is 4.44. The van der Waals surface area contributed by atoms with E-state index in [2.05, 4.69) is 19.8 Å². The third-order valence-corrected chi connectivity index (χ3v) is 6.61. The van der Waals surface area contributed by atoms with Crippen molar-refractivity contribution in [2.24, 2.45) is 0 Å². The molecule has 1 aliphatic heterocycles. The van der Waals surface area contributed by atoms with Gasteiger partial charge in [0.2, 0.25) is 0 Å². The maximum atomic E-state index is 13.0. The summed E-state index contributed by atoms with van der Waals surface area (Å²) in [6.45, 7) is 0. The summed E-state index contributed by atoms with van der Waals surface area (Å²) >= 11 is 6.14. The zero-order chi connectivity index (χ0) is 25.2. The van der Waals surface area contributed by atoms with Gasteiger partial charge < -0.3 is 10.1 Å². The van der Waals surface area contributed by atoms with Crippen LogP contribution in [0.2, 0.25) is 0 Å². The molecule has 178 valence electrons. The lowest BCUT2D eigenvalue weighted by Crippen LogP contribution is -2.32. The van der Waals surface area contributed by atoms with E-state index in [1.54, 1.807) is 12.1 Å². The fraction of sp³-hybridized carbons (Fsp3) is 0.0435. The Morgan fingerprint density at radius 2 is 1.74 bits per heavy atom. The summed E-state index contributed by atoms with van der Waals surface area (Å²) in [6, 6.07) is 16.1. The van der Waals surface area contributed by atoms with Crippen molar-refractivity contribution >= 4 is 56.6 Å². The quantitative estimate of drug-likeness (QED) is 0.364. The second-order valence-electron chi connectivity index (χ2n) is 7.15. The Bertz CT molecular complexity index is 1460. The number of rotatable bonds is 7. The molecule has 0 radical (unpaired) electrons. The first kappa shape index (κ1) is 23.9. The Labute approximate surface area is 205 Å². The number of amides is 2. The highest BCUT2D eigenvalue weighted by molar-refractivity contribution is 7.92. The summed E-state index contributed by atoms with van der Waals surface area (Å²) in [5.41, 5.74) is 0.419. The molecule has 4 rings (SSSR count). The highest BCUT2D eigenvalue weighted by atomic mass is 35.5. The molecule has 0 aliphatic carbocycles. The van der Waals surface area contributed by atoms with Crippen LogP contribution in [0.3, 0.4) is 0 Å². The average molecular weight is 513 g/mol. The van der Waals surface area contributed by atoms with Gasteiger partial charge in [-0.3, -0.25) is 14.3 Å². The molecule has 0 bridgehead atoms. The standard InChI is InChI=1S/C23H17ClN4O6S/c1-34-23(31)14-5-4-6-16(13-14)28-21(29)19(24)20(22(28)30)26-15-8-10-17(11-9-15)35(32,33)27-18-7-2-3-12-25-18/h2-13,26H,1H3,(H,25,27). The van der Waals surface area contributed by atoms with Crippen LogP contribution in [0.4, 0.5) is 17.2 Å². The van der Waals surface area contributed by atoms with Crippen molar-refractivity contribution < 1.29 is 27.5 Å². The predicted octanol–water partition coefficient (Wildman–Crippen LogP) is 3.10. The van der Waals surface area contributed by atoms with Crippen molar-refractivity contribution in [3.8, 4) is 0 Å². The summed E-state index contributed by atoms with van der Waals surface area (Å²) in [7, 11) is -2.68. The number of benzene rings is 2. The molecule has 1 aliphatic rings. The molecule has 2 amide bonds. The first-order valence-corrected chi connectivity index (χ1v) is 11.9. The Kier molecular flexibility index (Phi) is 6.54. The molecular formula is C23H17ClN4O6S. The van der Waals surface area contributed by atoms with Gasteiger partial charge in [-0.15, -0.1) is 0 Å². The van der Waals surface area contributed by atoms with Crippen molar-refractivity contribution in [1.82, 2.24) is 4.98 Å². The number of carbonyl (C=O) groups excluding carboxylic acids is 3. The number of nitrogens with zero attached hydrogens (tertiary/aromatic N) is 2. The third-order valence-electron chi connectivity index (χ3n) is 4.89. The molecule has 0 saturated carbocycles. The van der Waals surface area contributed by atoms with Gasteiger partial charge in [-0.25, -0.2) is 23.1 Å². The number of pyridine rings is 1. The Morgan fingerprint density at radius 1 is 1.00 bits per heavy atom. The molecule has 3 aromatic rings. The third kappa shape index (κ3) is 4.86. The lowest BCUT2D eigenvalue weighted by atomic mass is 10.2. The van der Waals surface area contributed by atoms with Gasteiger partial charge >= 0.3 is 5.97 Å². The predicted molar refractivity (Wildman–Crippen MR) is 128 cm³/mol. The molecule has 0 spiro atoms. The molecule has 2 aromatic carbocycles. The topological polar surface area (TPSA) is 135 Å². The molecule has 2 N–H and O–H groups in total. The van der Waals surface area contributed by atoms with E-state index < -0.39 is 27.8 Å². The van der Waals surface area contributed by atoms with Crippen LogP contribution in [0, 0.1) is 0 Å². The van der Waals surface area contributed by atoms with E-state index in [1.807, 2.05) is 0 Å². The smallest absolute Gasteiger partial charge is 0.337 e. The van der Waals surface area contributed by atoms with Crippen LogP contribution >= 0.6 is 11.6 Å². The van der Waals surface area contributed by atoms with E-state index >= 15 is 0 Å². The first-order valence-electron chi connectivity index (χ1n) is 9.99. The van der Waals surface area contributed by atoms with Gasteiger partial charge in [-0.2, -0.15) is 0 Å². The number of anilines is 3. The maximum absolute atomic E-state index is 13.0. The minimum absolute atomic E-state index is 0.0381. The molecule has 0 atom stereocenters. The van der Waals surface area contributed by atoms with Crippen molar-refractivity contribution in [3.05, 3.63) is 89.2 Å². The number of sulfonamides is 1. The van der Waals surface area contributed by atoms with Gasteiger partial charge in [0.25, 0.3) is 21.8 Å². The van der Waals surface area contributed by atoms with Crippen LogP contribution in [0.1, 0.15) is 10.4 Å². The summed E-state index contributed by atoms with van der Waals surface area (Å²) in [5.74, 6) is -1.98. The molecule has 35 heavy (non-hydrogen) atoms. The Morgan fingerprint density at radius 3 is 2.40 bits per heavy atom. The number of nitrogens with one attached hydrogen (secondary N) is 2. The highest BCUT2D eigenvalue weighted by Gasteiger charge is 2.39. The summed E-state index contributed by atoms with van der Waals surface area (Å²) < 4.78 is 32.2. The van der Waals surface area contributed by atoms with E-state index in [0.717, 1.165) is 4.90 Å². The first-order chi connectivity index (χ1) is 16.7. The minimum Gasteiger partial charge on any atom is -0.465 e. The lowest BCUT2D eigenvalue weighted by molar-refractivity contribution is -0.120. The largest absolute Gasteiger partial charge is 0.465 e. The summed E-state index contributed by atoms with van der Waals surface area (Å²) in [4.78, 5) is 42.2. The van der Waals surface area contributed by atoms with Crippen LogP contribution in [0.15, 0.2) is 88.6 Å². The number of ether oxygens (including phenoxy) is 1. The number of methoxy groups -OCH3 is 1. The van der Waals surface area contributed by atoms with Crippen LogP contribution in [0.25, 0.3) is 0 Å². The molecule has 1 aromatic heterocycles. The molecule has 12 heteroatoms. The molecule has 0 saturated heterocycles. The van der Waals surface area contributed by atoms with Crippen LogP contribution < -0.4 is 14.9 Å². The van der Waals surface area contributed by atoms with E-state index in [9.17, 15) is 22.8 Å². The summed E-state index contributed by atoms with van der Waals surface area (Å²) in [5, 5.41) is 2.41. The molecular weight excluding hydrogens is 496 g/mol. The normalized spacial score (nSPS) is 13.7. The zero-order valence-electron chi connectivity index (χ0n) is 18.1. The second-order valence-corrected chi connectivity index (χ2v) is 9.21. The number of hydrogen-bond donors (Lipinski definition) is 2. The van der Waals surface area contributed by atoms with Gasteiger partial charge in [0.05, 0.1) is 23.3 Å². The van der Waals surface area contributed by atoms with Crippen molar-refractivity contribution in [2.75, 3.05) is 22.0 Å². The SMILES string of the molecule is COC(=O)c1cccc(N2C(=O)C(Cl)=C(Nc3ccc(S(=O)(=O)Nc4ccccn4)cc3)C2=O)c1. The zero-order valence-corrected chi connectivity index (χ0v) is 19.6. The van der Waals surface area contributed by atoms with Gasteiger partial charge in [-0.1, -0.05) is 23.7 Å². The number of aromatic nitrogens is 1. The van der Waals surface area contributed by atoms with Crippen LogP contribution in [-0.4, -0.2) is 38.3 Å². The van der Waals surface area contributed by atoms with E-state index in [-0.39, 0.29) is 32.7 Å². The lowest BCUT2D eigenvalue weighted by Gasteiger charge is -2.16. The maximum Gasteiger partial charge on any atom is 0.337 e. The number of halogens is 1. The monoisotopic (exact) mass is 512 g/mol. The van der Waals surface area contributed by atoms with Crippen LogP contribution in [0.5, 0.6) is 0 Å². The van der Waals surface area contributed by atoms with Crippen molar-refractivity contribution in [2.45, 2.75) is 4.90 Å². The highest BCUT2D eigenvalue weighted by Crippen LogP contribution is 2.31. The molecule has 2 heterocycles. The number of imide groups is 1. The average Bonchev–Trinajstić information content (AvgIpc) is 3.07. The van der Waals surface area contributed by atoms with Crippen LogP contribution in [-0.2, 0) is 24.3 Å². The van der Waals surface area contributed by atoms with Gasteiger partial charge in [-0.05, 0) is 54.6 Å². The van der Waals surface area contributed by atoms with E-state index in [0.29, 0.717) is 5.69 Å². The Balaban J connectivity index is 1.53. The van der Waals surface area contributed by atoms with Crippen molar-refractivity contribution in [1.29, 1.82) is 0 Å². The van der Waals surface area contributed by atoms with Crippen molar-refractivity contribution in [3.63, 3.8) is 0 Å². The molecule has 0 unspecified atom stereocenters. The number of hydrogen-bond acceptors (Lipinski definition) is 8. The van der Waals surface area contributed by atoms with Gasteiger partial charge in [0.15, 0.2) is 0 Å². The van der Waals surface area contributed by atoms with E-state index in [4.69, 9.17) is 11.6 Å². The van der Waals surface area contributed by atoms with Gasteiger partial charge in [0, 0.05) is 11.9 Å². The molecule has 10 nitrogen and oxygen atoms in total. The Hall–Kier alpha value is -4.22. The van der Waals surface area contributed by atoms with E-state index in [1.165, 1.54) is 67.9 Å². The number of carbonyl (C=O) groups is 3. The molecule has 0 fully saturated rings.